The maximum absolute atomic E-state index is 13.1. The van der Waals surface area contributed by atoms with E-state index in [1.165, 1.54) is 18.2 Å². The molecule has 0 fully saturated rings. The second-order valence-corrected chi connectivity index (χ2v) is 6.57. The molecule has 1 N–H and O–H groups in total. The molecule has 4 rings (SSSR count). The molecule has 0 spiro atoms. The average molecular weight is 351 g/mol. The van der Waals surface area contributed by atoms with Crippen LogP contribution in [0.1, 0.15) is 39.2 Å². The maximum atomic E-state index is 13.1. The smallest absolute Gasteiger partial charge is 0.269 e. The quantitative estimate of drug-likeness (QED) is 0.664. The highest BCUT2D eigenvalue weighted by atomic mass is 16.6. The topological polar surface area (TPSA) is 96.3 Å². The van der Waals surface area contributed by atoms with Gasteiger partial charge in [0.05, 0.1) is 10.5 Å². The van der Waals surface area contributed by atoms with Crippen molar-refractivity contribution in [1.29, 1.82) is 0 Å². The molecule has 1 aliphatic heterocycles. The molecule has 0 bridgehead atoms. The fraction of sp³-hybridized carbons (Fsp3) is 0.263. The maximum Gasteiger partial charge on any atom is 0.269 e. The van der Waals surface area contributed by atoms with Crippen LogP contribution < -0.4 is 5.56 Å². The third-order valence-electron chi connectivity index (χ3n) is 4.94. The largest absolute Gasteiger partial charge is 0.334 e. The first-order valence-electron chi connectivity index (χ1n) is 8.51. The van der Waals surface area contributed by atoms with Crippen molar-refractivity contribution < 1.29 is 9.72 Å². The van der Waals surface area contributed by atoms with E-state index in [-0.39, 0.29) is 17.2 Å². The Hall–Kier alpha value is -3.22. The van der Waals surface area contributed by atoms with E-state index in [0.717, 1.165) is 28.8 Å². The second kappa shape index (κ2) is 6.25. The molecule has 1 aromatic heterocycles. The van der Waals surface area contributed by atoms with Crippen molar-refractivity contribution in [3.63, 3.8) is 0 Å². The molecule has 0 saturated heterocycles. The van der Waals surface area contributed by atoms with Gasteiger partial charge in [0.2, 0.25) is 5.56 Å². The van der Waals surface area contributed by atoms with Crippen LogP contribution in [0, 0.1) is 10.1 Å². The Kier molecular flexibility index (Phi) is 3.91. The molecule has 132 valence electrons. The Labute approximate surface area is 149 Å². The number of amides is 1. The van der Waals surface area contributed by atoms with Crippen LogP contribution in [0.25, 0.3) is 6.08 Å². The first kappa shape index (κ1) is 16.3. The Morgan fingerprint density at radius 2 is 2.04 bits per heavy atom. The third kappa shape index (κ3) is 2.81. The molecule has 2 aliphatic rings. The molecule has 26 heavy (non-hydrogen) atoms. The van der Waals surface area contributed by atoms with Gasteiger partial charge in [0.15, 0.2) is 0 Å². The number of H-pyrrole nitrogens is 1. The number of pyridine rings is 1. The van der Waals surface area contributed by atoms with Crippen LogP contribution in [0.2, 0.25) is 0 Å². The number of nitrogens with zero attached hydrogens (tertiary/aromatic N) is 2. The third-order valence-corrected chi connectivity index (χ3v) is 4.94. The summed E-state index contributed by atoms with van der Waals surface area (Å²) in [6.45, 7) is 0.829. The highest BCUT2D eigenvalue weighted by molar-refractivity contribution is 5.98. The molecular weight excluding hydrogens is 334 g/mol. The highest BCUT2D eigenvalue weighted by Gasteiger charge is 2.26. The summed E-state index contributed by atoms with van der Waals surface area (Å²) >= 11 is 0. The number of nitrogens with one attached hydrogen (secondary N) is 1. The van der Waals surface area contributed by atoms with Crippen molar-refractivity contribution in [2.24, 2.45) is 0 Å². The zero-order chi connectivity index (χ0) is 18.3. The molecule has 2 heterocycles. The van der Waals surface area contributed by atoms with Gasteiger partial charge in [-0.1, -0.05) is 18.2 Å². The number of hydrogen-bond donors (Lipinski definition) is 1. The molecule has 7 nitrogen and oxygen atoms in total. The van der Waals surface area contributed by atoms with E-state index < -0.39 is 4.92 Å². The molecule has 0 atom stereocenters. The van der Waals surface area contributed by atoms with E-state index in [2.05, 4.69) is 4.98 Å². The summed E-state index contributed by atoms with van der Waals surface area (Å²) in [6.07, 6.45) is 6.05. The lowest BCUT2D eigenvalue weighted by atomic mass is 9.95. The zero-order valence-corrected chi connectivity index (χ0v) is 14.0. The number of nitro benzene ring substituents is 1. The number of benzene rings is 1. The van der Waals surface area contributed by atoms with Crippen molar-refractivity contribution in [3.05, 3.63) is 78.8 Å². The number of fused-ring (bicyclic) bond motifs is 2. The Bertz CT molecular complexity index is 1010. The predicted molar refractivity (Wildman–Crippen MR) is 96.0 cm³/mol. The van der Waals surface area contributed by atoms with Gasteiger partial charge in [-0.3, -0.25) is 19.7 Å². The van der Waals surface area contributed by atoms with Crippen LogP contribution in [0.15, 0.2) is 35.1 Å². The molecule has 0 radical (unpaired) electrons. The lowest BCUT2D eigenvalue weighted by Crippen LogP contribution is -2.37. The number of aryl methyl sites for hydroxylation is 1. The fourth-order valence-electron chi connectivity index (χ4n) is 3.62. The molecule has 0 saturated carbocycles. The van der Waals surface area contributed by atoms with Gasteiger partial charge in [-0.25, -0.2) is 0 Å². The number of carbonyl (C=O) groups is 1. The minimum absolute atomic E-state index is 0.0227. The summed E-state index contributed by atoms with van der Waals surface area (Å²) in [7, 11) is 0. The van der Waals surface area contributed by atoms with E-state index in [0.29, 0.717) is 31.5 Å². The van der Waals surface area contributed by atoms with Crippen LogP contribution in [-0.4, -0.2) is 27.3 Å². The Morgan fingerprint density at radius 1 is 1.19 bits per heavy atom. The number of aromatic nitrogens is 1. The van der Waals surface area contributed by atoms with Crippen molar-refractivity contribution in [2.45, 2.75) is 25.8 Å². The van der Waals surface area contributed by atoms with Crippen molar-refractivity contribution >= 4 is 17.7 Å². The van der Waals surface area contributed by atoms with Crippen LogP contribution >= 0.6 is 0 Å². The van der Waals surface area contributed by atoms with Crippen molar-refractivity contribution in [1.82, 2.24) is 9.88 Å². The molecule has 0 unspecified atom stereocenters. The highest BCUT2D eigenvalue weighted by Crippen LogP contribution is 2.26. The summed E-state index contributed by atoms with van der Waals surface area (Å²) in [5, 5.41) is 11.0. The van der Waals surface area contributed by atoms with Gasteiger partial charge < -0.3 is 9.88 Å². The minimum Gasteiger partial charge on any atom is -0.334 e. The normalized spacial score (nSPS) is 15.3. The summed E-state index contributed by atoms with van der Waals surface area (Å²) in [5.74, 6) is -0.212. The first-order valence-corrected chi connectivity index (χ1v) is 8.51. The van der Waals surface area contributed by atoms with E-state index in [1.807, 2.05) is 12.2 Å². The van der Waals surface area contributed by atoms with Crippen LogP contribution in [0.4, 0.5) is 5.69 Å². The first-order chi connectivity index (χ1) is 12.5. The second-order valence-electron chi connectivity index (χ2n) is 6.57. The van der Waals surface area contributed by atoms with Gasteiger partial charge in [0.25, 0.3) is 11.6 Å². The van der Waals surface area contributed by atoms with Gasteiger partial charge in [0, 0.05) is 42.5 Å². The lowest BCUT2D eigenvalue weighted by Gasteiger charge is -2.29. The number of allylic oxidation sites excluding steroid dienone is 1. The monoisotopic (exact) mass is 351 g/mol. The van der Waals surface area contributed by atoms with Crippen LogP contribution in [0.3, 0.4) is 0 Å². The van der Waals surface area contributed by atoms with E-state index in [1.54, 1.807) is 11.0 Å². The number of carbonyl (C=O) groups excluding carboxylic acids is 1. The Balaban J connectivity index is 1.68. The van der Waals surface area contributed by atoms with Gasteiger partial charge >= 0.3 is 0 Å². The van der Waals surface area contributed by atoms with Crippen LogP contribution in [-0.2, 0) is 19.4 Å². The van der Waals surface area contributed by atoms with Gasteiger partial charge in [-0.2, -0.15) is 0 Å². The zero-order valence-electron chi connectivity index (χ0n) is 14.0. The number of hydrogen-bond acceptors (Lipinski definition) is 4. The van der Waals surface area contributed by atoms with E-state index in [9.17, 15) is 19.7 Å². The standard InChI is InChI=1S/C19H17N3O4/c23-18-10-16(15-3-1-2-4-17(15)20-18)19(24)21-8-7-12-5-6-14(22(25)26)9-13(12)11-21/h1,3,5-6,9-10H,2,4,7-8,11H2,(H,20,23). The summed E-state index contributed by atoms with van der Waals surface area (Å²) < 4.78 is 0. The fourth-order valence-corrected chi connectivity index (χ4v) is 3.62. The van der Waals surface area contributed by atoms with Crippen molar-refractivity contribution in [2.75, 3.05) is 6.54 Å². The molecule has 7 heteroatoms. The number of nitro groups is 1. The average Bonchev–Trinajstić information content (AvgIpc) is 2.65. The molecule has 1 aliphatic carbocycles. The molecular formula is C19H17N3O4. The van der Waals surface area contributed by atoms with E-state index in [4.69, 9.17) is 0 Å². The van der Waals surface area contributed by atoms with Gasteiger partial charge in [0.1, 0.15) is 0 Å². The predicted octanol–water partition coefficient (Wildman–Crippen LogP) is 2.44. The van der Waals surface area contributed by atoms with E-state index >= 15 is 0 Å². The summed E-state index contributed by atoms with van der Waals surface area (Å²) in [5.41, 5.74) is 3.50. The van der Waals surface area contributed by atoms with Gasteiger partial charge in [-0.15, -0.1) is 0 Å². The molecule has 1 aromatic carbocycles. The number of non-ortho nitro benzene ring substituents is 1. The van der Waals surface area contributed by atoms with Crippen molar-refractivity contribution in [3.8, 4) is 0 Å². The minimum atomic E-state index is -0.432. The number of rotatable bonds is 2. The summed E-state index contributed by atoms with van der Waals surface area (Å²) in [6, 6.07) is 6.13. The van der Waals surface area contributed by atoms with Gasteiger partial charge in [-0.05, 0) is 30.4 Å². The SMILES string of the molecule is O=C(c1cc(=O)[nH]c2c1C=CCC2)N1CCc2ccc([N+](=O)[O-])cc2C1. The summed E-state index contributed by atoms with van der Waals surface area (Å²) in [4.78, 5) is 40.0. The molecule has 2 aromatic rings. The Morgan fingerprint density at radius 3 is 2.85 bits per heavy atom. The van der Waals surface area contributed by atoms with Crippen LogP contribution in [0.5, 0.6) is 0 Å². The number of aromatic amines is 1. The lowest BCUT2D eigenvalue weighted by molar-refractivity contribution is -0.385. The molecule has 1 amide bonds.